The van der Waals surface area contributed by atoms with Gasteiger partial charge in [-0.3, -0.25) is 4.90 Å². The van der Waals surface area contributed by atoms with E-state index in [1.165, 1.54) is 0 Å². The van der Waals surface area contributed by atoms with Crippen molar-refractivity contribution in [1.82, 2.24) is 9.80 Å². The van der Waals surface area contributed by atoms with Crippen LogP contribution in [0.2, 0.25) is 0 Å². The first kappa shape index (κ1) is 13.9. The molecule has 3 heteroatoms. The Bertz CT molecular complexity index is 220. The molecule has 0 amide bonds. The summed E-state index contributed by atoms with van der Waals surface area (Å²) in [6, 6.07) is 1.34. The monoisotopic (exact) mass is 227 g/mol. The number of hydrogen-bond donors (Lipinski definition) is 1. The molecule has 1 aliphatic rings. The summed E-state index contributed by atoms with van der Waals surface area (Å²) in [5.41, 5.74) is 6.43. The molecule has 3 nitrogen and oxygen atoms in total. The molecule has 0 aromatic rings. The fraction of sp³-hybridized carbons (Fsp3) is 1.00. The van der Waals surface area contributed by atoms with Crippen molar-refractivity contribution in [3.8, 4) is 0 Å². The van der Waals surface area contributed by atoms with Crippen LogP contribution in [0.1, 0.15) is 34.6 Å². The highest BCUT2D eigenvalue weighted by atomic mass is 15.3. The van der Waals surface area contributed by atoms with E-state index in [2.05, 4.69) is 51.5 Å². The molecule has 0 spiro atoms. The molecule has 0 aromatic carbocycles. The Labute approximate surface area is 101 Å². The molecular weight excluding hydrogens is 198 g/mol. The number of nitrogens with two attached hydrogens (primary N) is 1. The van der Waals surface area contributed by atoms with Gasteiger partial charge in [-0.1, -0.05) is 20.8 Å². The molecule has 1 fully saturated rings. The smallest absolute Gasteiger partial charge is 0.0294 e. The summed E-state index contributed by atoms with van der Waals surface area (Å²) in [7, 11) is 2.21. The molecule has 2 N–H and O–H groups in total. The predicted octanol–water partition coefficient (Wildman–Crippen LogP) is 1.38. The minimum atomic E-state index is 0.232. The van der Waals surface area contributed by atoms with E-state index in [9.17, 15) is 0 Å². The first-order chi connectivity index (χ1) is 7.23. The average Bonchev–Trinajstić information content (AvgIpc) is 2.08. The Morgan fingerprint density at radius 1 is 1.25 bits per heavy atom. The minimum absolute atomic E-state index is 0.232. The second-order valence-corrected chi connectivity index (χ2v) is 6.49. The summed E-state index contributed by atoms with van der Waals surface area (Å²) in [6.07, 6.45) is 0. The minimum Gasteiger partial charge on any atom is -0.327 e. The van der Waals surface area contributed by atoms with Crippen molar-refractivity contribution in [1.29, 1.82) is 0 Å². The van der Waals surface area contributed by atoms with E-state index >= 15 is 0 Å². The maximum absolute atomic E-state index is 6.18. The summed E-state index contributed by atoms with van der Waals surface area (Å²) in [4.78, 5) is 5.01. The Hall–Kier alpha value is -0.120. The lowest BCUT2D eigenvalue weighted by atomic mass is 9.81. The normalized spacial score (nSPS) is 29.1. The van der Waals surface area contributed by atoms with E-state index in [1.54, 1.807) is 0 Å². The van der Waals surface area contributed by atoms with E-state index in [0.717, 1.165) is 19.6 Å². The van der Waals surface area contributed by atoms with Crippen LogP contribution in [0.4, 0.5) is 0 Å². The van der Waals surface area contributed by atoms with Crippen molar-refractivity contribution in [2.75, 3.05) is 26.7 Å². The van der Waals surface area contributed by atoms with Gasteiger partial charge in [-0.25, -0.2) is 0 Å². The van der Waals surface area contributed by atoms with Crippen LogP contribution >= 0.6 is 0 Å². The van der Waals surface area contributed by atoms with Gasteiger partial charge in [0.2, 0.25) is 0 Å². The maximum atomic E-state index is 6.18. The Kier molecular flexibility index (Phi) is 4.38. The van der Waals surface area contributed by atoms with Gasteiger partial charge in [-0.2, -0.15) is 0 Å². The molecule has 1 heterocycles. The summed E-state index contributed by atoms with van der Waals surface area (Å²) < 4.78 is 0. The molecule has 0 bridgehead atoms. The zero-order valence-corrected chi connectivity index (χ0v) is 11.8. The average molecular weight is 227 g/mol. The first-order valence-electron chi connectivity index (χ1n) is 6.43. The molecule has 0 saturated carbocycles. The molecule has 0 radical (unpaired) electrons. The molecule has 1 saturated heterocycles. The van der Waals surface area contributed by atoms with Crippen LogP contribution in [-0.4, -0.2) is 54.6 Å². The van der Waals surface area contributed by atoms with E-state index in [-0.39, 0.29) is 11.5 Å². The first-order valence-corrected chi connectivity index (χ1v) is 6.43. The third-order valence-electron chi connectivity index (χ3n) is 3.77. The van der Waals surface area contributed by atoms with Gasteiger partial charge < -0.3 is 10.6 Å². The van der Waals surface area contributed by atoms with Crippen LogP contribution in [0.3, 0.4) is 0 Å². The molecule has 3 unspecified atom stereocenters. The lowest BCUT2D eigenvalue weighted by Gasteiger charge is -2.48. The molecular formula is C13H29N3. The largest absolute Gasteiger partial charge is 0.327 e. The third kappa shape index (κ3) is 3.19. The SMILES string of the molecule is CC(N)C(N1CCN(C)C(C)C1)C(C)(C)C. The molecule has 0 aromatic heterocycles. The number of nitrogens with zero attached hydrogens (tertiary/aromatic N) is 2. The van der Waals surface area contributed by atoms with Gasteiger partial charge in [-0.15, -0.1) is 0 Å². The van der Waals surface area contributed by atoms with Gasteiger partial charge in [0.1, 0.15) is 0 Å². The highest BCUT2D eigenvalue weighted by molar-refractivity contribution is 4.92. The van der Waals surface area contributed by atoms with Gasteiger partial charge in [0.05, 0.1) is 0 Å². The maximum Gasteiger partial charge on any atom is 0.0294 e. The molecule has 0 aliphatic carbocycles. The number of likely N-dealkylation sites (N-methyl/N-ethyl adjacent to an activating group) is 1. The summed E-state index contributed by atoms with van der Waals surface area (Å²) in [5.74, 6) is 0. The molecule has 16 heavy (non-hydrogen) atoms. The number of rotatable bonds is 2. The molecule has 3 atom stereocenters. The van der Waals surface area contributed by atoms with Crippen molar-refractivity contribution < 1.29 is 0 Å². The summed E-state index contributed by atoms with van der Waals surface area (Å²) in [5, 5.41) is 0. The van der Waals surface area contributed by atoms with Crippen molar-refractivity contribution in [2.24, 2.45) is 11.1 Å². The van der Waals surface area contributed by atoms with Gasteiger partial charge >= 0.3 is 0 Å². The fourth-order valence-corrected chi connectivity index (χ4v) is 3.00. The number of piperazine rings is 1. The van der Waals surface area contributed by atoms with Crippen LogP contribution in [0.5, 0.6) is 0 Å². The van der Waals surface area contributed by atoms with Gasteiger partial charge in [0.25, 0.3) is 0 Å². The fourth-order valence-electron chi connectivity index (χ4n) is 3.00. The lowest BCUT2D eigenvalue weighted by molar-refractivity contribution is 0.0188. The van der Waals surface area contributed by atoms with Gasteiger partial charge in [0.15, 0.2) is 0 Å². The van der Waals surface area contributed by atoms with Crippen LogP contribution in [-0.2, 0) is 0 Å². The zero-order chi connectivity index (χ0) is 12.5. The van der Waals surface area contributed by atoms with Crippen LogP contribution in [0, 0.1) is 5.41 Å². The van der Waals surface area contributed by atoms with Gasteiger partial charge in [0, 0.05) is 37.8 Å². The topological polar surface area (TPSA) is 32.5 Å². The highest BCUT2D eigenvalue weighted by Crippen LogP contribution is 2.28. The Morgan fingerprint density at radius 2 is 1.81 bits per heavy atom. The predicted molar refractivity (Wildman–Crippen MR) is 70.6 cm³/mol. The summed E-state index contributed by atoms with van der Waals surface area (Å²) >= 11 is 0. The summed E-state index contributed by atoms with van der Waals surface area (Å²) in [6.45, 7) is 14.8. The van der Waals surface area contributed by atoms with Crippen LogP contribution in [0.25, 0.3) is 0 Å². The van der Waals surface area contributed by atoms with Crippen LogP contribution < -0.4 is 5.73 Å². The van der Waals surface area contributed by atoms with Crippen molar-refractivity contribution in [3.63, 3.8) is 0 Å². The van der Waals surface area contributed by atoms with E-state index in [1.807, 2.05) is 0 Å². The Morgan fingerprint density at radius 3 is 2.19 bits per heavy atom. The quantitative estimate of drug-likeness (QED) is 0.773. The standard InChI is InChI=1S/C13H29N3/c1-10-9-16(8-7-15(10)6)12(11(2)14)13(3,4)5/h10-12H,7-9,14H2,1-6H3. The van der Waals surface area contributed by atoms with Gasteiger partial charge in [-0.05, 0) is 26.3 Å². The zero-order valence-electron chi connectivity index (χ0n) is 11.8. The van der Waals surface area contributed by atoms with E-state index in [4.69, 9.17) is 5.73 Å². The van der Waals surface area contributed by atoms with Crippen molar-refractivity contribution in [2.45, 2.75) is 52.7 Å². The van der Waals surface area contributed by atoms with Crippen LogP contribution in [0.15, 0.2) is 0 Å². The van der Waals surface area contributed by atoms with Crippen molar-refractivity contribution in [3.05, 3.63) is 0 Å². The molecule has 1 aliphatic heterocycles. The number of hydrogen-bond acceptors (Lipinski definition) is 3. The third-order valence-corrected chi connectivity index (χ3v) is 3.77. The van der Waals surface area contributed by atoms with E-state index in [0.29, 0.717) is 12.1 Å². The molecule has 96 valence electrons. The van der Waals surface area contributed by atoms with E-state index < -0.39 is 0 Å². The molecule has 1 rings (SSSR count). The van der Waals surface area contributed by atoms with Crippen molar-refractivity contribution >= 4 is 0 Å². The second kappa shape index (κ2) is 5.03. The Balaban J connectivity index is 2.73. The second-order valence-electron chi connectivity index (χ2n) is 6.49. The lowest BCUT2D eigenvalue weighted by Crippen LogP contribution is -2.60. The highest BCUT2D eigenvalue weighted by Gasteiger charge is 2.35.